The number of anilines is 1. The maximum absolute atomic E-state index is 14.3. The van der Waals surface area contributed by atoms with Gasteiger partial charge in [-0.2, -0.15) is 18.3 Å². The van der Waals surface area contributed by atoms with Crippen LogP contribution in [-0.2, 0) is 0 Å². The fourth-order valence-electron chi connectivity index (χ4n) is 2.59. The standard InChI is InChI=1S/C19H10BrClF4IN3O/c1-27-29(10-6-3-2-4-7-10)18(19(23,24)25)15(26)17-14(20)16(28-30-17)13-11(21)8-5-9-12(13)22/h2-9H,1H2/b18-15-. The predicted octanol–water partition coefficient (Wildman–Crippen LogP) is 7.68. The van der Waals surface area contributed by atoms with Crippen LogP contribution < -0.4 is 5.01 Å². The van der Waals surface area contributed by atoms with Crippen molar-refractivity contribution in [3.8, 4) is 11.3 Å². The van der Waals surface area contributed by atoms with Gasteiger partial charge in [0, 0.05) is 6.72 Å². The van der Waals surface area contributed by atoms with Gasteiger partial charge < -0.3 is 4.52 Å². The van der Waals surface area contributed by atoms with Crippen LogP contribution in [0, 0.1) is 5.82 Å². The molecule has 0 spiro atoms. The lowest BCUT2D eigenvalue weighted by Crippen LogP contribution is -2.28. The molecule has 0 aliphatic heterocycles. The molecule has 0 aliphatic rings. The Labute approximate surface area is 195 Å². The molecular formula is C19H10BrClF4IN3O. The number of benzene rings is 2. The Hall–Kier alpha value is -1.92. The first-order valence-electron chi connectivity index (χ1n) is 8.05. The van der Waals surface area contributed by atoms with Crippen molar-refractivity contribution in [1.82, 2.24) is 5.16 Å². The van der Waals surface area contributed by atoms with Gasteiger partial charge in [0.2, 0.25) is 0 Å². The number of para-hydroxylation sites is 1. The smallest absolute Gasteiger partial charge is 0.354 e. The molecule has 0 amide bonds. The summed E-state index contributed by atoms with van der Waals surface area (Å²) in [5.41, 5.74) is -1.17. The molecular weight excluding hydrogens is 604 g/mol. The molecule has 0 radical (unpaired) electrons. The van der Waals surface area contributed by atoms with E-state index in [2.05, 4.69) is 32.9 Å². The van der Waals surface area contributed by atoms with E-state index < -0.39 is 17.7 Å². The second-order valence-electron chi connectivity index (χ2n) is 5.72. The lowest BCUT2D eigenvalue weighted by atomic mass is 10.1. The van der Waals surface area contributed by atoms with Crippen molar-refractivity contribution in [2.75, 3.05) is 5.01 Å². The van der Waals surface area contributed by atoms with Gasteiger partial charge in [0.25, 0.3) is 0 Å². The van der Waals surface area contributed by atoms with Gasteiger partial charge in [0.15, 0.2) is 11.5 Å². The molecule has 1 heterocycles. The van der Waals surface area contributed by atoms with Crippen LogP contribution in [0.1, 0.15) is 5.76 Å². The average molecular weight is 615 g/mol. The molecule has 30 heavy (non-hydrogen) atoms. The number of hydrogen-bond donors (Lipinski definition) is 0. The average Bonchev–Trinajstić information content (AvgIpc) is 3.06. The highest BCUT2D eigenvalue weighted by atomic mass is 127. The Morgan fingerprint density at radius 1 is 1.17 bits per heavy atom. The number of hydrazone groups is 1. The zero-order valence-corrected chi connectivity index (χ0v) is 19.2. The Bertz CT molecular complexity index is 1100. The van der Waals surface area contributed by atoms with Crippen LogP contribution in [0.15, 0.2) is 68.3 Å². The molecule has 11 heteroatoms. The second-order valence-corrected chi connectivity index (χ2v) is 8.00. The minimum Gasteiger partial charge on any atom is -0.354 e. The molecule has 0 N–H and O–H groups in total. The Balaban J connectivity index is 2.22. The van der Waals surface area contributed by atoms with Crippen LogP contribution in [0.3, 0.4) is 0 Å². The minimum atomic E-state index is -4.82. The molecule has 0 saturated heterocycles. The number of nitrogens with zero attached hydrogens (tertiary/aromatic N) is 3. The summed E-state index contributed by atoms with van der Waals surface area (Å²) in [7, 11) is 0. The lowest BCUT2D eigenvalue weighted by molar-refractivity contribution is -0.0925. The third-order valence-electron chi connectivity index (χ3n) is 3.86. The normalized spacial score (nSPS) is 12.5. The van der Waals surface area contributed by atoms with Gasteiger partial charge in [-0.05, 0) is 62.8 Å². The molecule has 0 fully saturated rings. The first-order chi connectivity index (χ1) is 14.2. The number of allylic oxidation sites excluding steroid dienone is 1. The molecule has 1 aromatic heterocycles. The van der Waals surface area contributed by atoms with Gasteiger partial charge in [0.05, 0.1) is 24.3 Å². The van der Waals surface area contributed by atoms with E-state index in [4.69, 9.17) is 16.1 Å². The molecule has 4 nitrogen and oxygen atoms in total. The highest BCUT2D eigenvalue weighted by Gasteiger charge is 2.42. The van der Waals surface area contributed by atoms with E-state index in [0.29, 0.717) is 5.01 Å². The summed E-state index contributed by atoms with van der Waals surface area (Å²) in [6.07, 6.45) is -4.82. The zero-order valence-electron chi connectivity index (χ0n) is 14.7. The fourth-order valence-corrected chi connectivity index (χ4v) is 4.66. The largest absolute Gasteiger partial charge is 0.434 e. The van der Waals surface area contributed by atoms with Crippen LogP contribution in [0.25, 0.3) is 14.8 Å². The number of hydrogen-bond acceptors (Lipinski definition) is 4. The van der Waals surface area contributed by atoms with Crippen LogP contribution in [0.4, 0.5) is 23.2 Å². The SMILES string of the molecule is C=NN(/C(=C(\I)c1onc(-c2c(F)cccc2Cl)c1Br)C(F)(F)F)c1ccccc1. The number of aromatic nitrogens is 1. The molecule has 3 aromatic rings. The molecule has 0 bridgehead atoms. The minimum absolute atomic E-state index is 0.0118. The number of rotatable bonds is 5. The molecule has 0 unspecified atom stereocenters. The van der Waals surface area contributed by atoms with Gasteiger partial charge >= 0.3 is 6.18 Å². The lowest BCUT2D eigenvalue weighted by Gasteiger charge is -2.24. The molecule has 2 aromatic carbocycles. The van der Waals surface area contributed by atoms with E-state index in [9.17, 15) is 17.6 Å². The first-order valence-corrected chi connectivity index (χ1v) is 10.3. The van der Waals surface area contributed by atoms with E-state index in [-0.39, 0.29) is 35.8 Å². The summed E-state index contributed by atoms with van der Waals surface area (Å²) >= 11 is 10.7. The summed E-state index contributed by atoms with van der Waals surface area (Å²) in [5.74, 6) is -0.960. The van der Waals surface area contributed by atoms with Crippen LogP contribution in [0.2, 0.25) is 5.02 Å². The van der Waals surface area contributed by atoms with E-state index in [0.717, 1.165) is 6.07 Å². The summed E-state index contributed by atoms with van der Waals surface area (Å²) in [5, 5.41) is 7.95. The van der Waals surface area contributed by atoms with Crippen LogP contribution >= 0.6 is 50.1 Å². The third-order valence-corrected chi connectivity index (χ3v) is 5.92. The fraction of sp³-hybridized carbons (Fsp3) is 0.0526. The number of halogens is 7. The van der Waals surface area contributed by atoms with Gasteiger partial charge in [-0.3, -0.25) is 0 Å². The molecule has 0 atom stereocenters. The monoisotopic (exact) mass is 613 g/mol. The molecule has 0 saturated carbocycles. The zero-order chi connectivity index (χ0) is 22.1. The Morgan fingerprint density at radius 2 is 1.83 bits per heavy atom. The maximum Gasteiger partial charge on any atom is 0.434 e. The van der Waals surface area contributed by atoms with Gasteiger partial charge in [-0.1, -0.05) is 41.0 Å². The van der Waals surface area contributed by atoms with Gasteiger partial charge in [-0.15, -0.1) is 0 Å². The van der Waals surface area contributed by atoms with Gasteiger partial charge in [0.1, 0.15) is 11.5 Å². The summed E-state index contributed by atoms with van der Waals surface area (Å²) in [6.45, 7) is 3.26. The molecule has 3 rings (SSSR count). The topological polar surface area (TPSA) is 41.6 Å². The predicted molar refractivity (Wildman–Crippen MR) is 120 cm³/mol. The molecule has 156 valence electrons. The Kier molecular flexibility index (Phi) is 6.88. The van der Waals surface area contributed by atoms with Crippen molar-refractivity contribution in [1.29, 1.82) is 0 Å². The third kappa shape index (κ3) is 4.40. The highest BCUT2D eigenvalue weighted by molar-refractivity contribution is 14.1. The molecule has 0 aliphatic carbocycles. The van der Waals surface area contributed by atoms with Crippen molar-refractivity contribution in [3.05, 3.63) is 75.3 Å². The summed E-state index contributed by atoms with van der Waals surface area (Å²) < 4.78 is 61.1. The van der Waals surface area contributed by atoms with E-state index in [1.165, 1.54) is 46.9 Å². The van der Waals surface area contributed by atoms with Crippen LogP contribution in [-0.4, -0.2) is 18.1 Å². The van der Waals surface area contributed by atoms with Crippen molar-refractivity contribution >= 4 is 66.1 Å². The van der Waals surface area contributed by atoms with E-state index in [1.807, 2.05) is 0 Å². The van der Waals surface area contributed by atoms with Crippen molar-refractivity contribution in [2.24, 2.45) is 5.10 Å². The van der Waals surface area contributed by atoms with Crippen molar-refractivity contribution < 1.29 is 22.1 Å². The second kappa shape index (κ2) is 9.06. The van der Waals surface area contributed by atoms with E-state index >= 15 is 0 Å². The Morgan fingerprint density at radius 3 is 2.40 bits per heavy atom. The van der Waals surface area contributed by atoms with Crippen LogP contribution in [0.5, 0.6) is 0 Å². The summed E-state index contributed by atoms with van der Waals surface area (Å²) in [6, 6.07) is 11.7. The highest BCUT2D eigenvalue weighted by Crippen LogP contribution is 2.45. The van der Waals surface area contributed by atoms with E-state index in [1.54, 1.807) is 18.2 Å². The first kappa shape index (κ1) is 22.8. The van der Waals surface area contributed by atoms with Gasteiger partial charge in [-0.25, -0.2) is 9.40 Å². The maximum atomic E-state index is 14.3. The summed E-state index contributed by atoms with van der Waals surface area (Å²) in [4.78, 5) is 0. The quantitative estimate of drug-likeness (QED) is 0.128. The van der Waals surface area contributed by atoms with Crippen molar-refractivity contribution in [3.63, 3.8) is 0 Å². The van der Waals surface area contributed by atoms with Crippen molar-refractivity contribution in [2.45, 2.75) is 6.18 Å². The number of alkyl halides is 3.